The highest BCUT2D eigenvalue weighted by atomic mass is 79.9. The molecule has 1 saturated heterocycles. The average Bonchev–Trinajstić information content (AvgIpc) is 2.60. The molecule has 134 valence electrons. The van der Waals surface area contributed by atoms with E-state index in [0.717, 1.165) is 0 Å². The van der Waals surface area contributed by atoms with Gasteiger partial charge in [-0.2, -0.15) is 0 Å². The van der Waals surface area contributed by atoms with Crippen LogP contribution in [0.2, 0.25) is 0 Å². The van der Waals surface area contributed by atoms with Gasteiger partial charge in [-0.1, -0.05) is 0 Å². The maximum absolute atomic E-state index is 14.2. The molecule has 1 heterocycles. The molecule has 3 rings (SSSR count). The fourth-order valence-corrected chi connectivity index (χ4v) is 3.23. The lowest BCUT2D eigenvalue weighted by Gasteiger charge is -2.37. The summed E-state index contributed by atoms with van der Waals surface area (Å²) in [5, 5.41) is 0. The van der Waals surface area contributed by atoms with Crippen molar-refractivity contribution < 1.29 is 17.9 Å². The van der Waals surface area contributed by atoms with E-state index in [0.29, 0.717) is 37.6 Å². The number of rotatable bonds is 3. The zero-order valence-corrected chi connectivity index (χ0v) is 15.1. The molecular formula is C17H17BrF3N3O. The van der Waals surface area contributed by atoms with E-state index in [4.69, 9.17) is 10.5 Å². The molecule has 2 aromatic carbocycles. The van der Waals surface area contributed by atoms with Gasteiger partial charge in [-0.15, -0.1) is 0 Å². The van der Waals surface area contributed by atoms with Crippen molar-refractivity contribution in [3.8, 4) is 5.75 Å². The van der Waals surface area contributed by atoms with Crippen molar-refractivity contribution in [1.29, 1.82) is 0 Å². The van der Waals surface area contributed by atoms with Crippen molar-refractivity contribution in [2.24, 2.45) is 0 Å². The summed E-state index contributed by atoms with van der Waals surface area (Å²) in [7, 11) is 1.47. The fourth-order valence-electron chi connectivity index (χ4n) is 2.93. The molecule has 0 aliphatic carbocycles. The van der Waals surface area contributed by atoms with Crippen LogP contribution in [0.1, 0.15) is 0 Å². The Labute approximate surface area is 152 Å². The van der Waals surface area contributed by atoms with Crippen LogP contribution in [-0.4, -0.2) is 33.3 Å². The molecule has 0 saturated carbocycles. The Hall–Kier alpha value is -2.09. The van der Waals surface area contributed by atoms with E-state index < -0.39 is 17.5 Å². The first-order chi connectivity index (χ1) is 11.9. The number of nitrogens with zero attached hydrogens (tertiary/aromatic N) is 2. The summed E-state index contributed by atoms with van der Waals surface area (Å²) in [4.78, 5) is 3.58. The predicted octanol–water partition coefficient (Wildman–Crippen LogP) is 3.78. The van der Waals surface area contributed by atoms with Gasteiger partial charge in [-0.05, 0) is 28.1 Å². The number of methoxy groups -OCH3 is 1. The van der Waals surface area contributed by atoms with Crippen LogP contribution in [0.15, 0.2) is 28.7 Å². The van der Waals surface area contributed by atoms with E-state index in [1.807, 2.05) is 4.90 Å². The monoisotopic (exact) mass is 415 g/mol. The molecule has 25 heavy (non-hydrogen) atoms. The van der Waals surface area contributed by atoms with Gasteiger partial charge in [0.2, 0.25) is 0 Å². The van der Waals surface area contributed by atoms with Crippen LogP contribution >= 0.6 is 15.9 Å². The van der Waals surface area contributed by atoms with Crippen molar-refractivity contribution in [3.63, 3.8) is 0 Å². The summed E-state index contributed by atoms with van der Waals surface area (Å²) in [5.41, 5.74) is 6.52. The van der Waals surface area contributed by atoms with Gasteiger partial charge in [0.05, 0.1) is 28.6 Å². The molecule has 4 nitrogen and oxygen atoms in total. The quantitative estimate of drug-likeness (QED) is 0.611. The highest BCUT2D eigenvalue weighted by Gasteiger charge is 2.24. The number of hydrogen-bond acceptors (Lipinski definition) is 4. The predicted molar refractivity (Wildman–Crippen MR) is 95.8 cm³/mol. The Kier molecular flexibility index (Phi) is 4.99. The van der Waals surface area contributed by atoms with E-state index in [-0.39, 0.29) is 15.8 Å². The third kappa shape index (κ3) is 3.35. The molecule has 0 bridgehead atoms. The topological polar surface area (TPSA) is 41.7 Å². The number of ether oxygens (including phenoxy) is 1. The molecule has 0 spiro atoms. The van der Waals surface area contributed by atoms with Crippen molar-refractivity contribution in [2.45, 2.75) is 0 Å². The normalized spacial score (nSPS) is 14.8. The molecule has 0 radical (unpaired) electrons. The van der Waals surface area contributed by atoms with E-state index >= 15 is 0 Å². The van der Waals surface area contributed by atoms with Gasteiger partial charge in [0.1, 0.15) is 11.6 Å². The van der Waals surface area contributed by atoms with Gasteiger partial charge in [0.15, 0.2) is 11.6 Å². The molecule has 0 atom stereocenters. The molecule has 0 amide bonds. The van der Waals surface area contributed by atoms with Gasteiger partial charge < -0.3 is 20.3 Å². The highest BCUT2D eigenvalue weighted by molar-refractivity contribution is 9.10. The maximum atomic E-state index is 14.2. The Balaban J connectivity index is 1.78. The van der Waals surface area contributed by atoms with Gasteiger partial charge in [0, 0.05) is 38.3 Å². The van der Waals surface area contributed by atoms with Crippen LogP contribution in [0.25, 0.3) is 0 Å². The van der Waals surface area contributed by atoms with Crippen LogP contribution in [-0.2, 0) is 0 Å². The largest absolute Gasteiger partial charge is 0.495 e. The third-order valence-electron chi connectivity index (χ3n) is 4.28. The van der Waals surface area contributed by atoms with Gasteiger partial charge >= 0.3 is 0 Å². The number of benzene rings is 2. The number of nitrogen functional groups attached to an aromatic ring is 1. The van der Waals surface area contributed by atoms with Crippen LogP contribution in [0.3, 0.4) is 0 Å². The van der Waals surface area contributed by atoms with Crippen molar-refractivity contribution in [2.75, 3.05) is 48.8 Å². The zero-order chi connectivity index (χ0) is 18.1. The summed E-state index contributed by atoms with van der Waals surface area (Å²) >= 11 is 2.97. The summed E-state index contributed by atoms with van der Waals surface area (Å²) in [6, 6.07) is 5.79. The fraction of sp³-hybridized carbons (Fsp3) is 0.294. The van der Waals surface area contributed by atoms with Gasteiger partial charge in [0.25, 0.3) is 0 Å². The summed E-state index contributed by atoms with van der Waals surface area (Å²) < 4.78 is 47.3. The zero-order valence-electron chi connectivity index (χ0n) is 13.5. The Morgan fingerprint density at radius 3 is 2.16 bits per heavy atom. The number of anilines is 3. The van der Waals surface area contributed by atoms with E-state index in [2.05, 4.69) is 15.9 Å². The van der Waals surface area contributed by atoms with Gasteiger partial charge in [-0.3, -0.25) is 0 Å². The maximum Gasteiger partial charge on any atom is 0.183 e. The minimum Gasteiger partial charge on any atom is -0.495 e. The molecule has 1 fully saturated rings. The van der Waals surface area contributed by atoms with Crippen LogP contribution < -0.4 is 20.3 Å². The minimum atomic E-state index is -0.908. The second kappa shape index (κ2) is 7.03. The Morgan fingerprint density at radius 2 is 1.56 bits per heavy atom. The Bertz CT molecular complexity index is 795. The smallest absolute Gasteiger partial charge is 0.183 e. The van der Waals surface area contributed by atoms with Crippen molar-refractivity contribution >= 4 is 33.0 Å². The summed E-state index contributed by atoms with van der Waals surface area (Å²) in [5.74, 6) is -1.83. The summed E-state index contributed by atoms with van der Waals surface area (Å²) in [6.45, 7) is 1.79. The first-order valence-electron chi connectivity index (χ1n) is 7.68. The number of halogens is 4. The van der Waals surface area contributed by atoms with E-state index in [1.165, 1.54) is 25.3 Å². The molecule has 8 heteroatoms. The molecule has 0 unspecified atom stereocenters. The Morgan fingerprint density at radius 1 is 0.960 bits per heavy atom. The van der Waals surface area contributed by atoms with E-state index in [1.54, 1.807) is 11.0 Å². The van der Waals surface area contributed by atoms with Crippen molar-refractivity contribution in [1.82, 2.24) is 0 Å². The first kappa shape index (κ1) is 17.7. The standard InChI is InChI=1S/C17H17BrF3N3O/c1-25-15-9-14(11(19)8-12(15)22)24-6-4-23(5-7-24)13-3-2-10(18)16(20)17(13)21/h2-3,8-9H,4-7,22H2,1H3. The molecular weight excluding hydrogens is 399 g/mol. The molecule has 0 aromatic heterocycles. The minimum absolute atomic E-state index is 0.0865. The number of piperazine rings is 1. The van der Waals surface area contributed by atoms with E-state index in [9.17, 15) is 13.2 Å². The van der Waals surface area contributed by atoms with Crippen LogP contribution in [0.5, 0.6) is 5.75 Å². The number of nitrogens with two attached hydrogens (primary N) is 1. The lowest BCUT2D eigenvalue weighted by molar-refractivity contribution is 0.416. The molecule has 1 aliphatic heterocycles. The first-order valence-corrected chi connectivity index (χ1v) is 8.48. The average molecular weight is 416 g/mol. The molecule has 2 N–H and O–H groups in total. The van der Waals surface area contributed by atoms with Gasteiger partial charge in [-0.25, -0.2) is 13.2 Å². The van der Waals surface area contributed by atoms with Crippen LogP contribution in [0.4, 0.5) is 30.2 Å². The second-order valence-corrected chi connectivity index (χ2v) is 6.57. The lowest BCUT2D eigenvalue weighted by atomic mass is 10.2. The van der Waals surface area contributed by atoms with Crippen LogP contribution in [0, 0.1) is 17.5 Å². The summed E-state index contributed by atoms with van der Waals surface area (Å²) in [6.07, 6.45) is 0. The highest BCUT2D eigenvalue weighted by Crippen LogP contribution is 2.32. The number of hydrogen-bond donors (Lipinski definition) is 1. The SMILES string of the molecule is COc1cc(N2CCN(c3ccc(Br)c(F)c3F)CC2)c(F)cc1N. The van der Waals surface area contributed by atoms with Crippen molar-refractivity contribution in [3.05, 3.63) is 46.2 Å². The molecule has 2 aromatic rings. The lowest BCUT2D eigenvalue weighted by Crippen LogP contribution is -2.47. The second-order valence-electron chi connectivity index (χ2n) is 5.71. The molecule has 1 aliphatic rings. The third-order valence-corrected chi connectivity index (χ3v) is 4.89.